The molecule has 3 heteroatoms. The van der Waals surface area contributed by atoms with E-state index in [0.29, 0.717) is 6.42 Å². The molecule has 0 radical (unpaired) electrons. The highest BCUT2D eigenvalue weighted by Gasteiger charge is 2.57. The summed E-state index contributed by atoms with van der Waals surface area (Å²) < 4.78 is 5.54. The second kappa shape index (κ2) is 4.23. The number of fused-ring (bicyclic) bond motifs is 1. The molecular formula is C15H22O3. The normalized spacial score (nSPS) is 47.3. The Kier molecular flexibility index (Phi) is 3.14. The van der Waals surface area contributed by atoms with Crippen LogP contribution in [0.25, 0.3) is 0 Å². The molecular weight excluding hydrogens is 228 g/mol. The number of carbonyl (C=O) groups excluding carboxylic acids is 1. The zero-order chi connectivity index (χ0) is 13.7. The predicted molar refractivity (Wildman–Crippen MR) is 69.8 cm³/mol. The number of ether oxygens (including phenoxy) is 1. The fourth-order valence-electron chi connectivity index (χ4n) is 3.59. The van der Waals surface area contributed by atoms with Crippen LogP contribution in [0.5, 0.6) is 0 Å². The van der Waals surface area contributed by atoms with Gasteiger partial charge in [-0.2, -0.15) is 0 Å². The lowest BCUT2D eigenvalue weighted by Gasteiger charge is -2.48. The molecule has 2 aliphatic rings. The Morgan fingerprint density at radius 1 is 1.61 bits per heavy atom. The zero-order valence-electron chi connectivity index (χ0n) is 11.3. The topological polar surface area (TPSA) is 46.5 Å². The molecule has 0 spiro atoms. The SMILES string of the molecule is C=CC1(C)C(O)CC2C(C)C(=O)OC2C1C(=C)C. The van der Waals surface area contributed by atoms with Crippen molar-refractivity contribution in [3.05, 3.63) is 24.8 Å². The molecule has 0 bridgehead atoms. The van der Waals surface area contributed by atoms with Gasteiger partial charge in [0, 0.05) is 17.3 Å². The minimum Gasteiger partial charge on any atom is -0.461 e. The average Bonchev–Trinajstić information content (AvgIpc) is 2.56. The number of esters is 1. The highest BCUT2D eigenvalue weighted by molar-refractivity contribution is 5.75. The maximum atomic E-state index is 11.8. The van der Waals surface area contributed by atoms with E-state index in [1.54, 1.807) is 6.08 Å². The van der Waals surface area contributed by atoms with Gasteiger partial charge in [0.25, 0.3) is 0 Å². The third-order valence-corrected chi connectivity index (χ3v) is 4.87. The first kappa shape index (κ1) is 13.3. The minimum absolute atomic E-state index is 0.0577. The van der Waals surface area contributed by atoms with Crippen molar-refractivity contribution in [3.8, 4) is 0 Å². The smallest absolute Gasteiger partial charge is 0.309 e. The molecule has 2 rings (SSSR count). The van der Waals surface area contributed by atoms with E-state index in [1.807, 2.05) is 20.8 Å². The quantitative estimate of drug-likeness (QED) is 0.604. The summed E-state index contributed by atoms with van der Waals surface area (Å²) in [6.45, 7) is 13.6. The first-order valence-corrected chi connectivity index (χ1v) is 6.50. The van der Waals surface area contributed by atoms with Crippen molar-refractivity contribution < 1.29 is 14.6 Å². The summed E-state index contributed by atoms with van der Waals surface area (Å²) in [5.41, 5.74) is 0.463. The monoisotopic (exact) mass is 250 g/mol. The number of hydrogen-bond donors (Lipinski definition) is 1. The summed E-state index contributed by atoms with van der Waals surface area (Å²) in [7, 11) is 0. The minimum atomic E-state index is -0.505. The number of aliphatic hydroxyl groups excluding tert-OH is 1. The zero-order valence-corrected chi connectivity index (χ0v) is 11.3. The van der Waals surface area contributed by atoms with Crippen molar-refractivity contribution in [1.29, 1.82) is 0 Å². The molecule has 0 aromatic rings. The molecule has 0 amide bonds. The summed E-state index contributed by atoms with van der Waals surface area (Å²) in [5.74, 6) is -0.266. The molecule has 1 N–H and O–H groups in total. The lowest BCUT2D eigenvalue weighted by Crippen LogP contribution is -2.52. The van der Waals surface area contributed by atoms with Gasteiger partial charge in [-0.15, -0.1) is 6.58 Å². The van der Waals surface area contributed by atoms with Gasteiger partial charge in [0.2, 0.25) is 0 Å². The molecule has 1 aliphatic carbocycles. The van der Waals surface area contributed by atoms with Crippen LogP contribution in [0.1, 0.15) is 27.2 Å². The molecule has 3 nitrogen and oxygen atoms in total. The van der Waals surface area contributed by atoms with Gasteiger partial charge in [0.15, 0.2) is 0 Å². The van der Waals surface area contributed by atoms with Crippen LogP contribution in [0, 0.1) is 23.2 Å². The molecule has 0 aromatic heterocycles. The van der Waals surface area contributed by atoms with Crippen LogP contribution in [0.3, 0.4) is 0 Å². The van der Waals surface area contributed by atoms with Crippen LogP contribution in [0.2, 0.25) is 0 Å². The average molecular weight is 250 g/mol. The lowest BCUT2D eigenvalue weighted by atomic mass is 9.58. The third kappa shape index (κ3) is 1.64. The van der Waals surface area contributed by atoms with Gasteiger partial charge in [-0.3, -0.25) is 4.79 Å². The van der Waals surface area contributed by atoms with Crippen LogP contribution in [0.15, 0.2) is 24.8 Å². The van der Waals surface area contributed by atoms with Crippen molar-refractivity contribution >= 4 is 5.97 Å². The van der Waals surface area contributed by atoms with Crippen LogP contribution < -0.4 is 0 Å². The van der Waals surface area contributed by atoms with Gasteiger partial charge in [-0.05, 0) is 13.3 Å². The molecule has 6 atom stereocenters. The van der Waals surface area contributed by atoms with Gasteiger partial charge in [0.05, 0.1) is 12.0 Å². The molecule has 18 heavy (non-hydrogen) atoms. The molecule has 6 unspecified atom stereocenters. The first-order chi connectivity index (χ1) is 8.32. The lowest BCUT2D eigenvalue weighted by molar-refractivity contribution is -0.149. The van der Waals surface area contributed by atoms with Crippen LogP contribution in [0.4, 0.5) is 0 Å². The molecule has 1 heterocycles. The van der Waals surface area contributed by atoms with Gasteiger partial charge < -0.3 is 9.84 Å². The van der Waals surface area contributed by atoms with Gasteiger partial charge in [-0.1, -0.05) is 32.1 Å². The van der Waals surface area contributed by atoms with Gasteiger partial charge in [-0.25, -0.2) is 0 Å². The van der Waals surface area contributed by atoms with E-state index < -0.39 is 11.5 Å². The maximum Gasteiger partial charge on any atom is 0.309 e. The van der Waals surface area contributed by atoms with Crippen molar-refractivity contribution in [2.45, 2.75) is 39.4 Å². The summed E-state index contributed by atoms with van der Waals surface area (Å²) in [6, 6.07) is 0. The van der Waals surface area contributed by atoms with E-state index in [2.05, 4.69) is 13.2 Å². The van der Waals surface area contributed by atoms with Crippen LogP contribution >= 0.6 is 0 Å². The van der Waals surface area contributed by atoms with Crippen LogP contribution in [-0.4, -0.2) is 23.3 Å². The summed E-state index contributed by atoms with van der Waals surface area (Å²) in [4.78, 5) is 11.8. The molecule has 0 aromatic carbocycles. The van der Waals surface area contributed by atoms with Crippen molar-refractivity contribution in [2.24, 2.45) is 23.2 Å². The van der Waals surface area contributed by atoms with E-state index in [-0.39, 0.29) is 29.8 Å². The predicted octanol–water partition coefficient (Wildman–Crippen LogP) is 2.31. The Bertz CT molecular complexity index is 401. The van der Waals surface area contributed by atoms with Gasteiger partial charge in [0.1, 0.15) is 6.10 Å². The fourth-order valence-corrected chi connectivity index (χ4v) is 3.59. The number of carbonyl (C=O) groups is 1. The molecule has 1 saturated carbocycles. The Balaban J connectivity index is 2.44. The highest BCUT2D eigenvalue weighted by atomic mass is 16.6. The number of hydrogen-bond acceptors (Lipinski definition) is 3. The Labute approximate surface area is 109 Å². The Morgan fingerprint density at radius 2 is 2.22 bits per heavy atom. The van der Waals surface area contributed by atoms with E-state index in [9.17, 15) is 9.90 Å². The fraction of sp³-hybridized carbons (Fsp3) is 0.667. The summed E-state index contributed by atoms with van der Waals surface area (Å²) in [5, 5.41) is 10.4. The Hall–Kier alpha value is -1.09. The number of aliphatic hydroxyl groups is 1. The van der Waals surface area contributed by atoms with E-state index in [0.717, 1.165) is 5.57 Å². The molecule has 2 fully saturated rings. The Morgan fingerprint density at radius 3 is 2.72 bits per heavy atom. The molecule has 1 saturated heterocycles. The standard InChI is InChI=1S/C15H22O3/c1-6-15(5)11(16)7-10-9(4)14(17)18-13(10)12(15)8(2)3/h6,9-13,16H,1-2,7H2,3-5H3. The largest absolute Gasteiger partial charge is 0.461 e. The summed E-state index contributed by atoms with van der Waals surface area (Å²) in [6.07, 6.45) is 1.69. The van der Waals surface area contributed by atoms with E-state index in [1.165, 1.54) is 0 Å². The summed E-state index contributed by atoms with van der Waals surface area (Å²) >= 11 is 0. The molecule has 1 aliphatic heterocycles. The molecule has 100 valence electrons. The highest BCUT2D eigenvalue weighted by Crippen LogP contribution is 2.52. The van der Waals surface area contributed by atoms with Crippen LogP contribution in [-0.2, 0) is 9.53 Å². The maximum absolute atomic E-state index is 11.8. The third-order valence-electron chi connectivity index (χ3n) is 4.87. The van der Waals surface area contributed by atoms with Crippen molar-refractivity contribution in [2.75, 3.05) is 0 Å². The van der Waals surface area contributed by atoms with E-state index in [4.69, 9.17) is 4.74 Å². The second-order valence-electron chi connectivity index (χ2n) is 6.00. The van der Waals surface area contributed by atoms with Gasteiger partial charge >= 0.3 is 5.97 Å². The van der Waals surface area contributed by atoms with Crippen molar-refractivity contribution in [3.63, 3.8) is 0 Å². The second-order valence-corrected chi connectivity index (χ2v) is 6.00. The first-order valence-electron chi connectivity index (χ1n) is 6.50. The van der Waals surface area contributed by atoms with E-state index >= 15 is 0 Å². The number of rotatable bonds is 2. The van der Waals surface area contributed by atoms with Crippen molar-refractivity contribution in [1.82, 2.24) is 0 Å².